The Hall–Kier alpha value is -0.243. The number of hydrogen-bond acceptors (Lipinski definition) is 9. The first-order valence-electron chi connectivity index (χ1n) is 9.63. The van der Waals surface area contributed by atoms with Crippen LogP contribution in [0.1, 0.15) is 0 Å². The van der Waals surface area contributed by atoms with Crippen molar-refractivity contribution in [3.8, 4) is 0 Å². The Morgan fingerprint density at radius 2 is 0.545 bits per heavy atom. The van der Waals surface area contributed by atoms with Gasteiger partial charge in [0.2, 0.25) is 0 Å². The molecule has 0 bridgehead atoms. The van der Waals surface area contributed by atoms with E-state index in [1.165, 1.54) is 0 Å². The van der Waals surface area contributed by atoms with E-state index in [0.717, 1.165) is 38.1 Å². The molecule has 15 heteroatoms. The molecule has 7 aliphatic heterocycles. The van der Waals surface area contributed by atoms with Crippen LogP contribution >= 0.6 is 0 Å². The van der Waals surface area contributed by atoms with Gasteiger partial charge >= 0.3 is 228 Å². The Kier molecular flexibility index (Phi) is 6.22. The van der Waals surface area contributed by atoms with Gasteiger partial charge in [0.1, 0.15) is 0 Å². The maximum absolute atomic E-state index is 6.28. The van der Waals surface area contributed by atoms with Crippen LogP contribution in [-0.2, 0) is 42.6 Å². The van der Waals surface area contributed by atoms with Gasteiger partial charge in [0, 0.05) is 0 Å². The van der Waals surface area contributed by atoms with E-state index in [0.29, 0.717) is 57.5 Å². The molecule has 174 valence electrons. The van der Waals surface area contributed by atoms with Gasteiger partial charge in [0.15, 0.2) is 0 Å². The molecule has 0 aromatic carbocycles. The van der Waals surface area contributed by atoms with Crippen molar-refractivity contribution in [1.29, 1.82) is 0 Å². The Balaban J connectivity index is 1.22. The van der Waals surface area contributed by atoms with Crippen molar-refractivity contribution in [2.45, 2.75) is 0 Å². The van der Waals surface area contributed by atoms with Gasteiger partial charge in [-0.05, 0) is 0 Å². The number of hydrogen-bond donors (Lipinski definition) is 0. The van der Waals surface area contributed by atoms with Crippen LogP contribution in [0.5, 0.6) is 0 Å². The molecule has 0 aliphatic carbocycles. The Morgan fingerprint density at radius 3 is 0.758 bits per heavy atom. The quantitative estimate of drug-likeness (QED) is 0.292. The van der Waals surface area contributed by atoms with Crippen molar-refractivity contribution >= 4 is 89.7 Å². The summed E-state index contributed by atoms with van der Waals surface area (Å²) in [5.74, 6) is 1.55. The van der Waals surface area contributed by atoms with Crippen molar-refractivity contribution in [2.75, 3.05) is 39.6 Å². The molecule has 1 fully saturated rings. The Labute approximate surface area is 225 Å². The SMILES string of the molecule is C1COC2=C(O1)[Se]C(=C1OC(=C3[Se]C4=C(OCCO4)[Se]3)OC(=C3[Se]C4=C(OCCO4)[Se]3)O1)[Se]2. The van der Waals surface area contributed by atoms with Crippen LogP contribution in [0.3, 0.4) is 0 Å². The van der Waals surface area contributed by atoms with Gasteiger partial charge in [-0.15, -0.1) is 0 Å². The predicted octanol–water partition coefficient (Wildman–Crippen LogP) is -0.784. The third kappa shape index (κ3) is 4.31. The summed E-state index contributed by atoms with van der Waals surface area (Å²) in [5, 5.41) is 0. The molecule has 9 nitrogen and oxygen atoms in total. The molecule has 0 amide bonds. The van der Waals surface area contributed by atoms with Crippen LogP contribution in [-0.4, -0.2) is 129 Å². The summed E-state index contributed by atoms with van der Waals surface area (Å²) in [7, 11) is 0. The van der Waals surface area contributed by atoms with E-state index >= 15 is 0 Å². The van der Waals surface area contributed by atoms with E-state index in [-0.39, 0.29) is 89.7 Å². The summed E-state index contributed by atoms with van der Waals surface area (Å²) in [4.78, 5) is 0. The van der Waals surface area contributed by atoms with Gasteiger partial charge in [0.05, 0.1) is 0 Å². The van der Waals surface area contributed by atoms with Crippen LogP contribution in [0.2, 0.25) is 0 Å². The molecule has 0 N–H and O–H groups in total. The van der Waals surface area contributed by atoms with Gasteiger partial charge in [-0.3, -0.25) is 0 Å². The third-order valence-corrected chi connectivity index (χ3v) is 22.3. The first-order chi connectivity index (χ1) is 16.3. The molecule has 0 saturated carbocycles. The minimum absolute atomic E-state index is 0.0146. The molecule has 33 heavy (non-hydrogen) atoms. The molecule has 7 heterocycles. The zero-order valence-corrected chi connectivity index (χ0v) is 26.6. The zero-order valence-electron chi connectivity index (χ0n) is 16.4. The van der Waals surface area contributed by atoms with Gasteiger partial charge in [-0.1, -0.05) is 0 Å². The van der Waals surface area contributed by atoms with Gasteiger partial charge < -0.3 is 0 Å². The summed E-state index contributed by atoms with van der Waals surface area (Å²) in [6.45, 7) is 3.58. The van der Waals surface area contributed by atoms with E-state index in [2.05, 4.69) is 0 Å². The average Bonchev–Trinajstić information content (AvgIpc) is 3.59. The van der Waals surface area contributed by atoms with Gasteiger partial charge in [-0.25, -0.2) is 0 Å². The predicted molar refractivity (Wildman–Crippen MR) is 116 cm³/mol. The molecule has 0 atom stereocenters. The summed E-state index contributed by atoms with van der Waals surface area (Å²) in [6, 6.07) is 0. The van der Waals surface area contributed by atoms with Crippen LogP contribution in [0.15, 0.2) is 55.9 Å². The molecule has 0 unspecified atom stereocenters. The van der Waals surface area contributed by atoms with Crippen molar-refractivity contribution in [2.24, 2.45) is 0 Å². The van der Waals surface area contributed by atoms with E-state index in [4.69, 9.17) is 42.6 Å². The van der Waals surface area contributed by atoms with E-state index in [1.54, 1.807) is 0 Å². The molecule has 7 aliphatic rings. The first-order valence-corrected chi connectivity index (χ1v) is 19.9. The molecular weight excluding hydrogens is 834 g/mol. The van der Waals surface area contributed by atoms with E-state index in [1.807, 2.05) is 0 Å². The molecule has 1 saturated heterocycles. The van der Waals surface area contributed by atoms with Crippen molar-refractivity contribution < 1.29 is 42.6 Å². The molecule has 0 aromatic rings. The topological polar surface area (TPSA) is 83.1 Å². The fraction of sp³-hybridized carbons (Fsp3) is 0.333. The Bertz CT molecular complexity index is 911. The van der Waals surface area contributed by atoms with Crippen molar-refractivity contribution in [3.05, 3.63) is 55.9 Å². The van der Waals surface area contributed by atoms with E-state index in [9.17, 15) is 0 Å². The summed E-state index contributed by atoms with van der Waals surface area (Å²) in [6.07, 6.45) is 0. The second kappa shape index (κ2) is 9.33. The monoisotopic (exact) mass is 852 g/mol. The van der Waals surface area contributed by atoms with Crippen molar-refractivity contribution in [1.82, 2.24) is 0 Å². The molecule has 0 radical (unpaired) electrons. The first kappa shape index (κ1) is 22.0. The average molecular weight is 846 g/mol. The van der Waals surface area contributed by atoms with Crippen LogP contribution < -0.4 is 0 Å². The summed E-state index contributed by atoms with van der Waals surface area (Å²) in [5.41, 5.74) is 0. The number of rotatable bonds is 0. The second-order valence-electron chi connectivity index (χ2n) is 6.46. The molecular formula is C18H12O9Se6. The molecule has 0 aromatic heterocycles. The zero-order chi connectivity index (χ0) is 21.8. The fourth-order valence-electron chi connectivity index (χ4n) is 2.97. The minimum atomic E-state index is -0.0146. The second-order valence-corrected chi connectivity index (χ2v) is 22.8. The van der Waals surface area contributed by atoms with Crippen LogP contribution in [0, 0.1) is 0 Å². The van der Waals surface area contributed by atoms with Crippen molar-refractivity contribution in [3.63, 3.8) is 0 Å². The Morgan fingerprint density at radius 1 is 0.333 bits per heavy atom. The fourth-order valence-corrected chi connectivity index (χ4v) is 20.1. The van der Waals surface area contributed by atoms with Crippen LogP contribution in [0.25, 0.3) is 0 Å². The molecule has 7 rings (SSSR count). The van der Waals surface area contributed by atoms with Gasteiger partial charge in [0.25, 0.3) is 0 Å². The summed E-state index contributed by atoms with van der Waals surface area (Å²) < 4.78 is 63.0. The normalized spacial score (nSPS) is 26.2. The van der Waals surface area contributed by atoms with Gasteiger partial charge in [-0.2, -0.15) is 0 Å². The molecule has 0 spiro atoms. The summed E-state index contributed by atoms with van der Waals surface area (Å²) >= 11 is -0.0874. The maximum atomic E-state index is 6.28. The van der Waals surface area contributed by atoms with Crippen LogP contribution in [0.4, 0.5) is 0 Å². The van der Waals surface area contributed by atoms with E-state index < -0.39 is 0 Å². The standard InChI is InChI=1S/C18H12O9Se6/c1-2-20-11-10(19-1)28-16(29-11)7-25-8(17-30-12-13(31-17)22-4-3-21-12)27-9(26-7)18-32-14-15(33-18)24-6-5-23-14/h1-6H2. The number of ether oxygens (including phenoxy) is 9. The third-order valence-electron chi connectivity index (χ3n) is 4.32.